The van der Waals surface area contributed by atoms with E-state index in [2.05, 4.69) is 47.9 Å². The number of fused-ring (bicyclic) bond motifs is 1. The van der Waals surface area contributed by atoms with Gasteiger partial charge >= 0.3 is 0 Å². The van der Waals surface area contributed by atoms with Crippen LogP contribution in [0.5, 0.6) is 0 Å². The van der Waals surface area contributed by atoms with Gasteiger partial charge < -0.3 is 4.74 Å². The van der Waals surface area contributed by atoms with Crippen molar-refractivity contribution in [2.45, 2.75) is 37.8 Å². The topological polar surface area (TPSA) is 47.3 Å². The van der Waals surface area contributed by atoms with E-state index in [-0.39, 0.29) is 6.04 Å². The summed E-state index contributed by atoms with van der Waals surface area (Å²) in [5.41, 5.74) is 4.19. The minimum absolute atomic E-state index is 0.155. The first kappa shape index (κ1) is 13.6. The highest BCUT2D eigenvalue weighted by Crippen LogP contribution is 2.26. The third-order valence-electron chi connectivity index (χ3n) is 4.15. The van der Waals surface area contributed by atoms with E-state index in [1.807, 2.05) is 0 Å². The molecule has 2 atom stereocenters. The Morgan fingerprint density at radius 1 is 1.15 bits per heavy atom. The number of nitrogens with one attached hydrogen (secondary N) is 1. The van der Waals surface area contributed by atoms with Crippen LogP contribution in [0.25, 0.3) is 10.8 Å². The molecule has 1 fully saturated rings. The lowest BCUT2D eigenvalue weighted by molar-refractivity contribution is 0.00503. The summed E-state index contributed by atoms with van der Waals surface area (Å²) in [5.74, 6) is 5.76. The SMILES string of the molecule is NNC(CC1CCCCO1)c1ccc2ccccc2c1. The zero-order chi connectivity index (χ0) is 13.8. The van der Waals surface area contributed by atoms with Crippen molar-refractivity contribution in [1.29, 1.82) is 0 Å². The second-order valence-electron chi connectivity index (χ2n) is 5.55. The van der Waals surface area contributed by atoms with Crippen LogP contribution in [0, 0.1) is 0 Å². The van der Waals surface area contributed by atoms with Crippen LogP contribution < -0.4 is 11.3 Å². The molecule has 0 aromatic heterocycles. The van der Waals surface area contributed by atoms with Crippen LogP contribution in [0.15, 0.2) is 42.5 Å². The number of ether oxygens (including phenoxy) is 1. The first-order valence-corrected chi connectivity index (χ1v) is 7.43. The van der Waals surface area contributed by atoms with E-state index in [4.69, 9.17) is 10.6 Å². The number of rotatable bonds is 4. The lowest BCUT2D eigenvalue weighted by Gasteiger charge is -2.27. The summed E-state index contributed by atoms with van der Waals surface area (Å²) in [5, 5.41) is 2.52. The zero-order valence-electron chi connectivity index (χ0n) is 11.7. The van der Waals surface area contributed by atoms with Gasteiger partial charge in [0.25, 0.3) is 0 Å². The highest BCUT2D eigenvalue weighted by molar-refractivity contribution is 5.83. The number of benzene rings is 2. The van der Waals surface area contributed by atoms with Gasteiger partial charge in [0, 0.05) is 12.6 Å². The molecule has 20 heavy (non-hydrogen) atoms. The molecule has 2 aromatic rings. The molecule has 0 radical (unpaired) electrons. The highest BCUT2D eigenvalue weighted by Gasteiger charge is 2.20. The average Bonchev–Trinajstić information content (AvgIpc) is 2.53. The second-order valence-corrected chi connectivity index (χ2v) is 5.55. The van der Waals surface area contributed by atoms with Gasteiger partial charge in [-0.2, -0.15) is 0 Å². The van der Waals surface area contributed by atoms with Crippen molar-refractivity contribution in [1.82, 2.24) is 5.43 Å². The molecule has 3 heteroatoms. The van der Waals surface area contributed by atoms with Gasteiger partial charge in [-0.05, 0) is 48.1 Å². The summed E-state index contributed by atoms with van der Waals surface area (Å²) >= 11 is 0. The van der Waals surface area contributed by atoms with Crippen LogP contribution in [0.3, 0.4) is 0 Å². The highest BCUT2D eigenvalue weighted by atomic mass is 16.5. The molecule has 0 bridgehead atoms. The molecule has 0 spiro atoms. The van der Waals surface area contributed by atoms with Crippen molar-refractivity contribution in [3.8, 4) is 0 Å². The molecule has 1 saturated heterocycles. The average molecular weight is 270 g/mol. The van der Waals surface area contributed by atoms with E-state index in [0.29, 0.717) is 6.10 Å². The quantitative estimate of drug-likeness (QED) is 0.662. The maximum atomic E-state index is 5.82. The maximum Gasteiger partial charge on any atom is 0.0593 e. The van der Waals surface area contributed by atoms with E-state index < -0.39 is 0 Å². The largest absolute Gasteiger partial charge is 0.378 e. The van der Waals surface area contributed by atoms with Gasteiger partial charge in [0.05, 0.1) is 6.10 Å². The van der Waals surface area contributed by atoms with Crippen molar-refractivity contribution in [3.63, 3.8) is 0 Å². The third kappa shape index (κ3) is 3.01. The van der Waals surface area contributed by atoms with Gasteiger partial charge in [-0.15, -0.1) is 0 Å². The predicted molar refractivity (Wildman–Crippen MR) is 82.2 cm³/mol. The van der Waals surface area contributed by atoms with Crippen molar-refractivity contribution >= 4 is 10.8 Å². The van der Waals surface area contributed by atoms with Crippen LogP contribution in [0.4, 0.5) is 0 Å². The fourth-order valence-electron chi connectivity index (χ4n) is 2.98. The fraction of sp³-hybridized carbons (Fsp3) is 0.412. The molecule has 0 aliphatic carbocycles. The van der Waals surface area contributed by atoms with Crippen molar-refractivity contribution < 1.29 is 4.74 Å². The molecule has 1 aliphatic heterocycles. The van der Waals surface area contributed by atoms with E-state index in [1.165, 1.54) is 29.2 Å². The first-order chi connectivity index (χ1) is 9.86. The molecule has 106 valence electrons. The summed E-state index contributed by atoms with van der Waals surface area (Å²) < 4.78 is 5.82. The van der Waals surface area contributed by atoms with Crippen LogP contribution >= 0.6 is 0 Å². The summed E-state index contributed by atoms with van der Waals surface area (Å²) in [4.78, 5) is 0. The number of hydrazine groups is 1. The summed E-state index contributed by atoms with van der Waals surface area (Å²) in [6.07, 6.45) is 4.87. The summed E-state index contributed by atoms with van der Waals surface area (Å²) in [7, 11) is 0. The smallest absolute Gasteiger partial charge is 0.0593 e. The van der Waals surface area contributed by atoms with E-state index in [9.17, 15) is 0 Å². The van der Waals surface area contributed by atoms with Gasteiger partial charge in [-0.25, -0.2) is 0 Å². The molecule has 0 amide bonds. The third-order valence-corrected chi connectivity index (χ3v) is 4.15. The van der Waals surface area contributed by atoms with Crippen LogP contribution in [-0.2, 0) is 4.74 Å². The molecule has 2 aromatic carbocycles. The Balaban J connectivity index is 1.79. The molecule has 2 unspecified atom stereocenters. The standard InChI is InChI=1S/C17H22N2O/c18-19-17(12-16-7-3-4-10-20-16)15-9-8-13-5-1-2-6-14(13)11-15/h1-2,5-6,8-9,11,16-17,19H,3-4,7,10,12,18H2. The Kier molecular flexibility index (Phi) is 4.31. The minimum atomic E-state index is 0.155. The van der Waals surface area contributed by atoms with Crippen LogP contribution in [0.2, 0.25) is 0 Å². The van der Waals surface area contributed by atoms with Gasteiger partial charge in [-0.1, -0.05) is 36.4 Å². The van der Waals surface area contributed by atoms with Crippen molar-refractivity contribution in [2.75, 3.05) is 6.61 Å². The monoisotopic (exact) mass is 270 g/mol. The Morgan fingerprint density at radius 2 is 2.00 bits per heavy atom. The summed E-state index contributed by atoms with van der Waals surface area (Å²) in [6.45, 7) is 0.889. The molecule has 3 rings (SSSR count). The molecule has 0 saturated carbocycles. The Hall–Kier alpha value is -1.42. The summed E-state index contributed by atoms with van der Waals surface area (Å²) in [6, 6.07) is 15.1. The van der Waals surface area contributed by atoms with E-state index in [0.717, 1.165) is 19.4 Å². The second kappa shape index (κ2) is 6.35. The van der Waals surface area contributed by atoms with Gasteiger partial charge in [0.2, 0.25) is 0 Å². The van der Waals surface area contributed by atoms with E-state index in [1.54, 1.807) is 0 Å². The van der Waals surface area contributed by atoms with Crippen molar-refractivity contribution in [2.24, 2.45) is 5.84 Å². The van der Waals surface area contributed by atoms with E-state index >= 15 is 0 Å². The van der Waals surface area contributed by atoms with Crippen molar-refractivity contribution in [3.05, 3.63) is 48.0 Å². The Bertz CT molecular complexity index is 564. The number of nitrogens with two attached hydrogens (primary N) is 1. The predicted octanol–water partition coefficient (Wildman–Crippen LogP) is 3.30. The Morgan fingerprint density at radius 3 is 2.75 bits per heavy atom. The van der Waals surface area contributed by atoms with Crippen LogP contribution in [-0.4, -0.2) is 12.7 Å². The molecular formula is C17H22N2O. The minimum Gasteiger partial charge on any atom is -0.378 e. The molecule has 3 nitrogen and oxygen atoms in total. The van der Waals surface area contributed by atoms with Gasteiger partial charge in [0.1, 0.15) is 0 Å². The molecule has 1 heterocycles. The molecule has 1 aliphatic rings. The molecular weight excluding hydrogens is 248 g/mol. The van der Waals surface area contributed by atoms with Gasteiger partial charge in [-0.3, -0.25) is 11.3 Å². The fourth-order valence-corrected chi connectivity index (χ4v) is 2.98. The Labute approximate surface area is 120 Å². The lowest BCUT2D eigenvalue weighted by atomic mass is 9.95. The zero-order valence-corrected chi connectivity index (χ0v) is 11.7. The van der Waals surface area contributed by atoms with Gasteiger partial charge in [0.15, 0.2) is 0 Å². The first-order valence-electron chi connectivity index (χ1n) is 7.43. The normalized spacial score (nSPS) is 20.9. The maximum absolute atomic E-state index is 5.82. The van der Waals surface area contributed by atoms with Crippen LogP contribution in [0.1, 0.15) is 37.3 Å². The molecule has 3 N–H and O–H groups in total. The number of hydrogen-bond donors (Lipinski definition) is 2. The number of hydrogen-bond acceptors (Lipinski definition) is 3. The lowest BCUT2D eigenvalue weighted by Crippen LogP contribution is -2.32.